The van der Waals surface area contributed by atoms with E-state index in [9.17, 15) is 22.8 Å². The summed E-state index contributed by atoms with van der Waals surface area (Å²) in [6, 6.07) is 11.6. The summed E-state index contributed by atoms with van der Waals surface area (Å²) in [5, 5.41) is 0.0973. The number of nitrogens with zero attached hydrogens (tertiary/aromatic N) is 3. The molecule has 1 aliphatic rings. The van der Waals surface area contributed by atoms with Crippen molar-refractivity contribution in [2.24, 2.45) is 20.0 Å². The van der Waals surface area contributed by atoms with Crippen LogP contribution in [0.2, 0.25) is 0 Å². The number of likely N-dealkylation sites (tertiary alicyclic amines) is 1. The van der Waals surface area contributed by atoms with Crippen LogP contribution in [-0.2, 0) is 28.9 Å². The van der Waals surface area contributed by atoms with Gasteiger partial charge in [-0.25, -0.2) is 13.2 Å². The summed E-state index contributed by atoms with van der Waals surface area (Å²) in [6.07, 6.45) is 1.74. The van der Waals surface area contributed by atoms with Gasteiger partial charge in [-0.2, -0.15) is 4.72 Å². The maximum absolute atomic E-state index is 13.4. The van der Waals surface area contributed by atoms with Gasteiger partial charge in [-0.3, -0.25) is 18.7 Å². The van der Waals surface area contributed by atoms with Crippen molar-refractivity contribution in [1.29, 1.82) is 0 Å². The largest absolute Gasteiger partial charge is 0.341 e. The average molecular weight is 485 g/mol. The molecule has 0 saturated carbocycles. The van der Waals surface area contributed by atoms with E-state index in [-0.39, 0.29) is 16.2 Å². The van der Waals surface area contributed by atoms with Crippen molar-refractivity contribution >= 4 is 26.8 Å². The van der Waals surface area contributed by atoms with Crippen LogP contribution in [-0.4, -0.2) is 41.4 Å². The zero-order valence-electron chi connectivity index (χ0n) is 19.4. The molecule has 180 valence electrons. The molecule has 1 aliphatic heterocycles. The van der Waals surface area contributed by atoms with Crippen molar-refractivity contribution in [3.05, 3.63) is 74.9 Å². The Labute approximate surface area is 197 Å². The first-order valence-corrected chi connectivity index (χ1v) is 12.6. The second-order valence-electron chi connectivity index (χ2n) is 8.86. The lowest BCUT2D eigenvalue weighted by Crippen LogP contribution is -2.45. The number of piperidine rings is 1. The molecule has 0 radical (unpaired) electrons. The van der Waals surface area contributed by atoms with Gasteiger partial charge in [-0.1, -0.05) is 37.3 Å². The van der Waals surface area contributed by atoms with E-state index in [1.807, 2.05) is 0 Å². The van der Waals surface area contributed by atoms with E-state index in [2.05, 4.69) is 11.6 Å². The number of hydrogen-bond donors (Lipinski definition) is 1. The van der Waals surface area contributed by atoms with Gasteiger partial charge in [-0.05, 0) is 42.5 Å². The molecule has 1 aromatic heterocycles. The molecule has 1 amide bonds. The topological polar surface area (TPSA) is 110 Å². The lowest BCUT2D eigenvalue weighted by molar-refractivity contribution is -0.134. The van der Waals surface area contributed by atoms with Gasteiger partial charge in [0.2, 0.25) is 15.9 Å². The first-order valence-electron chi connectivity index (χ1n) is 11.2. The number of aryl methyl sites for hydroxylation is 1. The third-order valence-corrected chi connectivity index (χ3v) is 7.92. The molecule has 1 fully saturated rings. The highest BCUT2D eigenvalue weighted by Crippen LogP contribution is 2.24. The van der Waals surface area contributed by atoms with Crippen LogP contribution in [0.25, 0.3) is 10.9 Å². The summed E-state index contributed by atoms with van der Waals surface area (Å²) in [6.45, 7) is 3.29. The number of fused-ring (bicyclic) bond motifs is 1. The smallest absolute Gasteiger partial charge is 0.330 e. The van der Waals surface area contributed by atoms with Gasteiger partial charge in [0.05, 0.1) is 15.8 Å². The van der Waals surface area contributed by atoms with Crippen LogP contribution >= 0.6 is 0 Å². The number of aromatic nitrogens is 2. The fraction of sp³-hybridized carbons (Fsp3) is 0.375. The maximum Gasteiger partial charge on any atom is 0.330 e. The molecule has 1 N–H and O–H groups in total. The van der Waals surface area contributed by atoms with E-state index >= 15 is 0 Å². The van der Waals surface area contributed by atoms with Crippen molar-refractivity contribution < 1.29 is 13.2 Å². The van der Waals surface area contributed by atoms with Gasteiger partial charge in [-0.15, -0.1) is 0 Å². The Bertz CT molecular complexity index is 1450. The van der Waals surface area contributed by atoms with Gasteiger partial charge in [0.25, 0.3) is 5.56 Å². The van der Waals surface area contributed by atoms with Crippen LogP contribution in [0.1, 0.15) is 31.4 Å². The number of sulfonamides is 1. The second kappa shape index (κ2) is 9.19. The third-order valence-electron chi connectivity index (χ3n) is 6.50. The summed E-state index contributed by atoms with van der Waals surface area (Å²) >= 11 is 0. The molecule has 10 heteroatoms. The molecule has 9 nitrogen and oxygen atoms in total. The number of carbonyl (C=O) groups excluding carboxylic acids is 1. The molecule has 0 spiro atoms. The van der Waals surface area contributed by atoms with Crippen LogP contribution in [0.5, 0.6) is 0 Å². The van der Waals surface area contributed by atoms with Crippen molar-refractivity contribution in [2.45, 2.75) is 30.7 Å². The van der Waals surface area contributed by atoms with E-state index < -0.39 is 27.3 Å². The van der Waals surface area contributed by atoms with Crippen molar-refractivity contribution in [3.63, 3.8) is 0 Å². The molecular weight excluding hydrogens is 456 g/mol. The van der Waals surface area contributed by atoms with E-state index in [1.165, 1.54) is 36.9 Å². The Morgan fingerprint density at radius 1 is 1.00 bits per heavy atom. The molecule has 2 heterocycles. The summed E-state index contributed by atoms with van der Waals surface area (Å²) in [5.74, 6) is 0.216. The van der Waals surface area contributed by atoms with Crippen LogP contribution < -0.4 is 16.0 Å². The highest BCUT2D eigenvalue weighted by Gasteiger charge is 2.32. The normalized spacial score (nSPS) is 16.0. The first kappa shape index (κ1) is 23.9. The minimum absolute atomic E-state index is 0.0973. The Morgan fingerprint density at radius 2 is 1.65 bits per heavy atom. The summed E-state index contributed by atoms with van der Waals surface area (Å²) in [5.41, 5.74) is -0.232. The SMILES string of the molecule is CC1CCN(C(=O)C(NS(=O)(=O)c2ccc3c(c2)c(=O)n(C)c(=O)n3C)c2ccccc2)CC1. The van der Waals surface area contributed by atoms with Gasteiger partial charge in [0.1, 0.15) is 6.04 Å². The van der Waals surface area contributed by atoms with Gasteiger partial charge in [0.15, 0.2) is 0 Å². The van der Waals surface area contributed by atoms with Crippen molar-refractivity contribution in [1.82, 2.24) is 18.8 Å². The quantitative estimate of drug-likeness (QED) is 0.590. The Morgan fingerprint density at radius 3 is 2.29 bits per heavy atom. The molecule has 1 saturated heterocycles. The van der Waals surface area contributed by atoms with Crippen molar-refractivity contribution in [2.75, 3.05) is 13.1 Å². The standard InChI is InChI=1S/C24H28N4O5S/c1-16-11-13-28(14-12-16)23(30)21(17-7-5-4-6-8-17)25-34(32,33)18-9-10-20-19(15-18)22(29)27(3)24(31)26(20)2/h4-10,15-16,21,25H,11-14H2,1-3H3. The first-order chi connectivity index (χ1) is 16.1. The van der Waals surface area contributed by atoms with Crippen LogP contribution in [0.4, 0.5) is 0 Å². The van der Waals surface area contributed by atoms with Gasteiger partial charge < -0.3 is 4.90 Å². The van der Waals surface area contributed by atoms with Gasteiger partial charge in [0, 0.05) is 27.2 Å². The number of nitrogens with one attached hydrogen (secondary N) is 1. The Kier molecular flexibility index (Phi) is 6.46. The number of benzene rings is 2. The molecule has 0 bridgehead atoms. The third kappa shape index (κ3) is 4.43. The molecule has 3 aromatic rings. The molecule has 0 aliphatic carbocycles. The Hall–Kier alpha value is -3.24. The zero-order valence-corrected chi connectivity index (χ0v) is 20.2. The number of carbonyl (C=O) groups is 1. The monoisotopic (exact) mass is 484 g/mol. The lowest BCUT2D eigenvalue weighted by Gasteiger charge is -2.33. The molecule has 1 unspecified atom stereocenters. The average Bonchev–Trinajstić information content (AvgIpc) is 2.85. The Balaban J connectivity index is 1.74. The van der Waals surface area contributed by atoms with Crippen LogP contribution in [0.3, 0.4) is 0 Å². The van der Waals surface area contributed by atoms with E-state index in [0.717, 1.165) is 17.4 Å². The molecule has 34 heavy (non-hydrogen) atoms. The molecule has 1 atom stereocenters. The van der Waals surface area contributed by atoms with E-state index in [1.54, 1.807) is 35.2 Å². The predicted octanol–water partition coefficient (Wildman–Crippen LogP) is 1.52. The summed E-state index contributed by atoms with van der Waals surface area (Å²) in [7, 11) is -1.32. The summed E-state index contributed by atoms with van der Waals surface area (Å²) < 4.78 is 31.6. The minimum atomic E-state index is -4.18. The maximum atomic E-state index is 13.4. The fourth-order valence-electron chi connectivity index (χ4n) is 4.28. The number of rotatable bonds is 5. The van der Waals surface area contributed by atoms with E-state index in [0.29, 0.717) is 30.1 Å². The second-order valence-corrected chi connectivity index (χ2v) is 10.6. The highest BCUT2D eigenvalue weighted by atomic mass is 32.2. The minimum Gasteiger partial charge on any atom is -0.341 e. The molecular formula is C24H28N4O5S. The number of hydrogen-bond acceptors (Lipinski definition) is 5. The lowest BCUT2D eigenvalue weighted by atomic mass is 9.98. The number of amides is 1. The van der Waals surface area contributed by atoms with Crippen LogP contribution in [0.15, 0.2) is 63.0 Å². The van der Waals surface area contributed by atoms with Crippen LogP contribution in [0, 0.1) is 5.92 Å². The predicted molar refractivity (Wildman–Crippen MR) is 129 cm³/mol. The fourth-order valence-corrected chi connectivity index (χ4v) is 5.49. The summed E-state index contributed by atoms with van der Waals surface area (Å²) in [4.78, 5) is 39.8. The highest BCUT2D eigenvalue weighted by molar-refractivity contribution is 7.89. The molecule has 4 rings (SSSR count). The van der Waals surface area contributed by atoms with E-state index in [4.69, 9.17) is 0 Å². The van der Waals surface area contributed by atoms with Crippen molar-refractivity contribution in [3.8, 4) is 0 Å². The molecule has 2 aromatic carbocycles. The van der Waals surface area contributed by atoms with Gasteiger partial charge >= 0.3 is 5.69 Å². The zero-order chi connectivity index (χ0) is 24.6.